The average Bonchev–Trinajstić information content (AvgIpc) is 2.27. The zero-order valence-corrected chi connectivity index (χ0v) is 9.11. The predicted molar refractivity (Wildman–Crippen MR) is 60.1 cm³/mol. The molecule has 2 aromatic heterocycles. The molecule has 0 aliphatic heterocycles. The Labute approximate surface area is 88.3 Å². The summed E-state index contributed by atoms with van der Waals surface area (Å²) < 4.78 is 2.92. The Hall–Kier alpha value is -1.05. The number of hydrogen-bond donors (Lipinski definition) is 2. The molecular weight excluding hydrogens is 281 g/mol. The van der Waals surface area contributed by atoms with Gasteiger partial charge in [0.25, 0.3) is 0 Å². The third kappa shape index (κ3) is 1.21. The first-order chi connectivity index (χ1) is 6.09. The highest BCUT2D eigenvalue weighted by Gasteiger charge is 2.10. The van der Waals surface area contributed by atoms with E-state index in [2.05, 4.69) is 32.6 Å². The van der Waals surface area contributed by atoms with Gasteiger partial charge in [-0.1, -0.05) is 0 Å². The van der Waals surface area contributed by atoms with E-state index in [0.29, 0.717) is 5.82 Å². The second-order valence-electron chi connectivity index (χ2n) is 2.75. The number of nitrogens with zero attached hydrogens (tertiary/aromatic N) is 3. The topological polar surface area (TPSA) is 82.8 Å². The van der Waals surface area contributed by atoms with Gasteiger partial charge in [0, 0.05) is 16.8 Å². The summed E-state index contributed by atoms with van der Waals surface area (Å²) in [4.78, 5) is 8.00. The number of aromatic nitrogens is 3. The Kier molecular flexibility index (Phi) is 1.79. The lowest BCUT2D eigenvalue weighted by Gasteiger charge is -1.99. The molecule has 68 valence electrons. The number of nitrogens with two attached hydrogens (primary N) is 2. The molecule has 0 unspecified atom stereocenters. The highest BCUT2D eigenvalue weighted by molar-refractivity contribution is 14.1. The van der Waals surface area contributed by atoms with E-state index in [1.165, 1.54) is 0 Å². The predicted octanol–water partition coefficient (Wildman–Crippen LogP) is 0.737. The second-order valence-corrected chi connectivity index (χ2v) is 3.92. The van der Waals surface area contributed by atoms with Crippen molar-refractivity contribution in [3.8, 4) is 0 Å². The van der Waals surface area contributed by atoms with Crippen molar-refractivity contribution in [3.63, 3.8) is 0 Å². The van der Waals surface area contributed by atoms with Crippen LogP contribution in [0.3, 0.4) is 0 Å². The number of rotatable bonds is 0. The largest absolute Gasteiger partial charge is 0.383 e. The van der Waals surface area contributed by atoms with E-state index < -0.39 is 0 Å². The molecule has 2 rings (SSSR count). The number of fused-ring (bicyclic) bond motifs is 1. The smallest absolute Gasteiger partial charge is 0.223 e. The van der Waals surface area contributed by atoms with Crippen molar-refractivity contribution < 1.29 is 0 Å². The Morgan fingerprint density at radius 2 is 2.08 bits per heavy atom. The van der Waals surface area contributed by atoms with E-state index in [1.54, 1.807) is 0 Å². The fourth-order valence-electron chi connectivity index (χ4n) is 1.26. The van der Waals surface area contributed by atoms with Gasteiger partial charge >= 0.3 is 0 Å². The van der Waals surface area contributed by atoms with Gasteiger partial charge in [-0.25, -0.2) is 0 Å². The third-order valence-corrected chi connectivity index (χ3v) is 2.63. The highest BCUT2D eigenvalue weighted by atomic mass is 127. The Bertz CT molecular complexity index is 475. The average molecular weight is 289 g/mol. The molecule has 0 saturated carbocycles. The van der Waals surface area contributed by atoms with Crippen molar-refractivity contribution in [3.05, 3.63) is 9.77 Å². The van der Waals surface area contributed by atoms with Gasteiger partial charge in [-0.2, -0.15) is 9.97 Å². The fraction of sp³-hybridized carbons (Fsp3) is 0.143. The van der Waals surface area contributed by atoms with Crippen LogP contribution in [0, 0.1) is 3.57 Å². The van der Waals surface area contributed by atoms with Crippen molar-refractivity contribution >= 4 is 45.4 Å². The number of aryl methyl sites for hydroxylation is 1. The lowest BCUT2D eigenvalue weighted by atomic mass is 10.4. The van der Waals surface area contributed by atoms with Crippen LogP contribution in [0.25, 0.3) is 11.0 Å². The van der Waals surface area contributed by atoms with E-state index in [1.807, 2.05) is 17.8 Å². The summed E-state index contributed by atoms with van der Waals surface area (Å²) in [7, 11) is 1.90. The van der Waals surface area contributed by atoms with E-state index in [4.69, 9.17) is 11.5 Å². The van der Waals surface area contributed by atoms with Gasteiger partial charge in [-0.05, 0) is 22.6 Å². The molecule has 4 N–H and O–H groups in total. The maximum Gasteiger partial charge on any atom is 0.223 e. The van der Waals surface area contributed by atoms with E-state index in [-0.39, 0.29) is 5.95 Å². The zero-order chi connectivity index (χ0) is 9.59. The SMILES string of the molecule is Cn1cc(I)c2c(N)nc(N)nc21. The van der Waals surface area contributed by atoms with Crippen LogP contribution >= 0.6 is 22.6 Å². The molecule has 0 bridgehead atoms. The monoisotopic (exact) mass is 289 g/mol. The maximum atomic E-state index is 5.72. The quantitative estimate of drug-likeness (QED) is 0.701. The first-order valence-electron chi connectivity index (χ1n) is 3.63. The summed E-state index contributed by atoms with van der Waals surface area (Å²) in [5.41, 5.74) is 12.0. The maximum absolute atomic E-state index is 5.72. The summed E-state index contributed by atoms with van der Waals surface area (Å²) in [5.74, 6) is 0.648. The number of hydrogen-bond acceptors (Lipinski definition) is 4. The zero-order valence-electron chi connectivity index (χ0n) is 6.95. The number of anilines is 2. The van der Waals surface area contributed by atoms with Crippen molar-refractivity contribution in [1.82, 2.24) is 14.5 Å². The van der Waals surface area contributed by atoms with Crippen LogP contribution in [0.4, 0.5) is 11.8 Å². The van der Waals surface area contributed by atoms with Gasteiger partial charge in [-0.15, -0.1) is 0 Å². The molecule has 0 amide bonds. The molecule has 0 aliphatic carbocycles. The van der Waals surface area contributed by atoms with Crippen LogP contribution in [0.5, 0.6) is 0 Å². The van der Waals surface area contributed by atoms with Crippen molar-refractivity contribution in [2.24, 2.45) is 7.05 Å². The van der Waals surface area contributed by atoms with Crippen LogP contribution in [-0.4, -0.2) is 14.5 Å². The first kappa shape index (κ1) is 8.54. The Morgan fingerprint density at radius 3 is 2.77 bits per heavy atom. The van der Waals surface area contributed by atoms with Crippen LogP contribution in [-0.2, 0) is 7.05 Å². The summed E-state index contributed by atoms with van der Waals surface area (Å²) >= 11 is 2.19. The molecule has 0 aromatic carbocycles. The summed E-state index contributed by atoms with van der Waals surface area (Å²) in [6, 6.07) is 0. The molecule has 6 heteroatoms. The van der Waals surface area contributed by atoms with Gasteiger partial charge in [0.1, 0.15) is 11.5 Å². The highest BCUT2D eigenvalue weighted by Crippen LogP contribution is 2.25. The molecule has 2 heterocycles. The molecule has 0 fully saturated rings. The van der Waals surface area contributed by atoms with Gasteiger partial charge in [0.2, 0.25) is 5.95 Å². The van der Waals surface area contributed by atoms with Crippen molar-refractivity contribution in [2.75, 3.05) is 11.5 Å². The molecule has 13 heavy (non-hydrogen) atoms. The number of nitrogen functional groups attached to an aromatic ring is 2. The molecule has 0 aliphatic rings. The normalized spacial score (nSPS) is 10.9. The van der Waals surface area contributed by atoms with Crippen LogP contribution < -0.4 is 11.5 Å². The summed E-state index contributed by atoms with van der Waals surface area (Å²) in [6.07, 6.45) is 1.94. The van der Waals surface area contributed by atoms with E-state index in [9.17, 15) is 0 Å². The van der Waals surface area contributed by atoms with Crippen molar-refractivity contribution in [1.29, 1.82) is 0 Å². The molecule has 0 atom stereocenters. The van der Waals surface area contributed by atoms with E-state index >= 15 is 0 Å². The van der Waals surface area contributed by atoms with Crippen LogP contribution in [0.15, 0.2) is 6.20 Å². The van der Waals surface area contributed by atoms with Gasteiger partial charge in [0.05, 0.1) is 5.39 Å². The Balaban J connectivity index is 2.97. The summed E-state index contributed by atoms with van der Waals surface area (Å²) in [5, 5.41) is 0.872. The van der Waals surface area contributed by atoms with Crippen LogP contribution in [0.2, 0.25) is 0 Å². The molecule has 2 aromatic rings. The minimum absolute atomic E-state index is 0.211. The fourth-order valence-corrected chi connectivity index (χ4v) is 2.20. The lowest BCUT2D eigenvalue weighted by molar-refractivity contribution is 0.944. The molecule has 5 nitrogen and oxygen atoms in total. The third-order valence-electron chi connectivity index (χ3n) is 1.82. The standard InChI is InChI=1S/C7H8IN5/c1-13-2-3(8)4-5(9)11-7(10)12-6(4)13/h2H,1H3,(H4,9,10,11,12). The molecular formula is C7H8IN5. The second kappa shape index (κ2) is 2.72. The minimum Gasteiger partial charge on any atom is -0.383 e. The van der Waals surface area contributed by atoms with Crippen LogP contribution in [0.1, 0.15) is 0 Å². The lowest BCUT2D eigenvalue weighted by Crippen LogP contribution is -2.01. The Morgan fingerprint density at radius 1 is 1.38 bits per heavy atom. The van der Waals surface area contributed by atoms with E-state index in [0.717, 1.165) is 14.6 Å². The molecule has 0 spiro atoms. The molecule has 0 radical (unpaired) electrons. The van der Waals surface area contributed by atoms with Gasteiger partial charge < -0.3 is 16.0 Å². The molecule has 0 saturated heterocycles. The summed E-state index contributed by atoms with van der Waals surface area (Å²) in [6.45, 7) is 0. The minimum atomic E-state index is 0.211. The first-order valence-corrected chi connectivity index (χ1v) is 4.71. The van der Waals surface area contributed by atoms with Crippen molar-refractivity contribution in [2.45, 2.75) is 0 Å². The van der Waals surface area contributed by atoms with Gasteiger partial charge in [0.15, 0.2) is 0 Å². The van der Waals surface area contributed by atoms with Gasteiger partial charge in [-0.3, -0.25) is 0 Å². The number of halogens is 1.